The fourth-order valence-electron chi connectivity index (χ4n) is 2.56. The van der Waals surface area contributed by atoms with Gasteiger partial charge >= 0.3 is 5.97 Å². The van der Waals surface area contributed by atoms with E-state index in [1.807, 2.05) is 12.1 Å². The number of hydrogen-bond acceptors (Lipinski definition) is 5. The summed E-state index contributed by atoms with van der Waals surface area (Å²) in [5.74, 6) is 0.256. The van der Waals surface area contributed by atoms with Crippen LogP contribution >= 0.6 is 0 Å². The topological polar surface area (TPSA) is 95.8 Å². The Morgan fingerprint density at radius 1 is 1.15 bits per heavy atom. The number of nitrogens with one attached hydrogen (secondary N) is 1. The number of nitrogens with zero attached hydrogens (tertiary/aromatic N) is 2. The van der Waals surface area contributed by atoms with Crippen LogP contribution in [-0.2, 0) is 22.6 Å². The molecule has 0 unspecified atom stereocenters. The van der Waals surface area contributed by atoms with E-state index in [4.69, 9.17) is 10.00 Å². The van der Waals surface area contributed by atoms with E-state index in [-0.39, 0.29) is 24.6 Å². The third-order valence-corrected chi connectivity index (χ3v) is 3.94. The number of carbonyl (C=O) groups excluding carboxylic acids is 1. The van der Waals surface area contributed by atoms with Crippen molar-refractivity contribution < 1.29 is 9.53 Å². The van der Waals surface area contributed by atoms with Crippen LogP contribution in [0, 0.1) is 11.3 Å². The van der Waals surface area contributed by atoms with Crippen molar-refractivity contribution in [2.24, 2.45) is 0 Å². The number of esters is 1. The Balaban J connectivity index is 1.49. The summed E-state index contributed by atoms with van der Waals surface area (Å²) in [7, 11) is 0. The number of ether oxygens (including phenoxy) is 1. The standard InChI is InChI=1S/C20H17N3O3/c21-12-14-8-10-15(11-9-14)13-26-19(24)7-3-6-18-22-17-5-2-1-4-16(17)20(25)23-18/h1-2,4-5,8-11H,3,6-7,13H2,(H,22,23,25). The van der Waals surface area contributed by atoms with Crippen molar-refractivity contribution in [3.63, 3.8) is 0 Å². The molecule has 3 rings (SSSR count). The van der Waals surface area contributed by atoms with Crippen LogP contribution in [0.3, 0.4) is 0 Å². The predicted molar refractivity (Wildman–Crippen MR) is 96.3 cm³/mol. The van der Waals surface area contributed by atoms with Crippen LogP contribution in [0.15, 0.2) is 53.3 Å². The summed E-state index contributed by atoms with van der Waals surface area (Å²) in [6.45, 7) is 0.176. The number of aromatic nitrogens is 2. The van der Waals surface area contributed by atoms with Gasteiger partial charge in [0.2, 0.25) is 0 Å². The highest BCUT2D eigenvalue weighted by atomic mass is 16.5. The lowest BCUT2D eigenvalue weighted by Gasteiger charge is -2.05. The number of carbonyl (C=O) groups is 1. The number of rotatable bonds is 6. The molecule has 0 radical (unpaired) electrons. The Labute approximate surface area is 150 Å². The van der Waals surface area contributed by atoms with Gasteiger partial charge in [-0.15, -0.1) is 0 Å². The summed E-state index contributed by atoms with van der Waals surface area (Å²) in [4.78, 5) is 31.0. The van der Waals surface area contributed by atoms with Gasteiger partial charge in [-0.25, -0.2) is 4.98 Å². The van der Waals surface area contributed by atoms with Gasteiger partial charge in [0.1, 0.15) is 12.4 Å². The van der Waals surface area contributed by atoms with Crippen molar-refractivity contribution in [3.05, 3.63) is 75.8 Å². The Bertz CT molecular complexity index is 1020. The molecular formula is C20H17N3O3. The third-order valence-electron chi connectivity index (χ3n) is 3.94. The monoisotopic (exact) mass is 347 g/mol. The summed E-state index contributed by atoms with van der Waals surface area (Å²) in [5, 5.41) is 9.30. The average Bonchev–Trinajstić information content (AvgIpc) is 2.67. The fraction of sp³-hybridized carbons (Fsp3) is 0.200. The third kappa shape index (κ3) is 4.33. The molecule has 2 aromatic carbocycles. The first kappa shape index (κ1) is 17.4. The SMILES string of the molecule is N#Cc1ccc(COC(=O)CCCc2nc3ccccc3c(=O)[nH]2)cc1. The van der Waals surface area contributed by atoms with E-state index >= 15 is 0 Å². The normalized spacial score (nSPS) is 10.4. The first-order chi connectivity index (χ1) is 12.7. The summed E-state index contributed by atoms with van der Waals surface area (Å²) in [5.41, 5.74) is 1.87. The van der Waals surface area contributed by atoms with E-state index in [0.717, 1.165) is 5.56 Å². The zero-order valence-corrected chi connectivity index (χ0v) is 14.1. The minimum absolute atomic E-state index is 0.172. The van der Waals surface area contributed by atoms with Crippen molar-refractivity contribution in [1.82, 2.24) is 9.97 Å². The smallest absolute Gasteiger partial charge is 0.306 e. The summed E-state index contributed by atoms with van der Waals surface area (Å²) < 4.78 is 5.22. The van der Waals surface area contributed by atoms with Crippen LogP contribution in [-0.4, -0.2) is 15.9 Å². The predicted octanol–water partition coefficient (Wildman–Crippen LogP) is 2.86. The second-order valence-electron chi connectivity index (χ2n) is 5.85. The molecule has 130 valence electrons. The highest BCUT2D eigenvalue weighted by Crippen LogP contribution is 2.09. The number of nitriles is 1. The quantitative estimate of drug-likeness (QED) is 0.692. The molecule has 6 heteroatoms. The molecule has 26 heavy (non-hydrogen) atoms. The molecule has 1 aromatic heterocycles. The van der Waals surface area contributed by atoms with Crippen LogP contribution in [0.5, 0.6) is 0 Å². The van der Waals surface area contributed by atoms with Crippen LogP contribution in [0.4, 0.5) is 0 Å². The number of hydrogen-bond donors (Lipinski definition) is 1. The first-order valence-corrected chi connectivity index (χ1v) is 8.28. The summed E-state index contributed by atoms with van der Waals surface area (Å²) in [6, 6.07) is 16.1. The molecule has 1 heterocycles. The lowest BCUT2D eigenvalue weighted by molar-refractivity contribution is -0.145. The second kappa shape index (κ2) is 8.08. The molecule has 0 atom stereocenters. The lowest BCUT2D eigenvalue weighted by atomic mass is 10.1. The van der Waals surface area contributed by atoms with Gasteiger partial charge in [0, 0.05) is 12.8 Å². The second-order valence-corrected chi connectivity index (χ2v) is 5.85. The van der Waals surface area contributed by atoms with Gasteiger partial charge in [0.25, 0.3) is 5.56 Å². The highest BCUT2D eigenvalue weighted by molar-refractivity contribution is 5.77. The highest BCUT2D eigenvalue weighted by Gasteiger charge is 2.07. The molecule has 3 aromatic rings. The van der Waals surface area contributed by atoms with Crippen LogP contribution in [0.25, 0.3) is 10.9 Å². The molecule has 0 saturated carbocycles. The molecular weight excluding hydrogens is 330 g/mol. The Hall–Kier alpha value is -3.46. The first-order valence-electron chi connectivity index (χ1n) is 8.28. The lowest BCUT2D eigenvalue weighted by Crippen LogP contribution is -2.12. The number of benzene rings is 2. The van der Waals surface area contributed by atoms with Gasteiger partial charge < -0.3 is 9.72 Å². The van der Waals surface area contributed by atoms with Gasteiger partial charge in [-0.3, -0.25) is 9.59 Å². The number of para-hydroxylation sites is 1. The van der Waals surface area contributed by atoms with Crippen LogP contribution in [0.2, 0.25) is 0 Å². The molecule has 6 nitrogen and oxygen atoms in total. The average molecular weight is 347 g/mol. The van der Waals surface area contributed by atoms with Gasteiger partial charge in [0.05, 0.1) is 22.5 Å². The largest absolute Gasteiger partial charge is 0.461 e. The molecule has 0 saturated heterocycles. The Morgan fingerprint density at radius 3 is 2.69 bits per heavy atom. The Kier molecular flexibility index (Phi) is 5.40. The number of aromatic amines is 1. The minimum atomic E-state index is -0.308. The van der Waals surface area contributed by atoms with Crippen LogP contribution in [0.1, 0.15) is 29.8 Å². The fourth-order valence-corrected chi connectivity index (χ4v) is 2.56. The molecule has 0 spiro atoms. The van der Waals surface area contributed by atoms with Crippen molar-refractivity contribution in [1.29, 1.82) is 5.26 Å². The van der Waals surface area contributed by atoms with Crippen molar-refractivity contribution >= 4 is 16.9 Å². The van der Waals surface area contributed by atoms with E-state index in [0.29, 0.717) is 35.1 Å². The number of H-pyrrole nitrogens is 1. The molecule has 0 aliphatic rings. The zero-order valence-electron chi connectivity index (χ0n) is 14.1. The van der Waals surface area contributed by atoms with Gasteiger partial charge in [-0.1, -0.05) is 24.3 Å². The van der Waals surface area contributed by atoms with E-state index in [1.54, 1.807) is 42.5 Å². The van der Waals surface area contributed by atoms with Crippen LogP contribution < -0.4 is 5.56 Å². The van der Waals surface area contributed by atoms with E-state index in [1.165, 1.54) is 0 Å². The van der Waals surface area contributed by atoms with Crippen molar-refractivity contribution in [3.8, 4) is 6.07 Å². The van der Waals surface area contributed by atoms with Gasteiger partial charge in [0.15, 0.2) is 0 Å². The molecule has 0 fully saturated rings. The van der Waals surface area contributed by atoms with E-state index in [9.17, 15) is 9.59 Å². The van der Waals surface area contributed by atoms with Gasteiger partial charge in [-0.05, 0) is 36.2 Å². The Morgan fingerprint density at radius 2 is 1.92 bits per heavy atom. The van der Waals surface area contributed by atoms with E-state index in [2.05, 4.69) is 9.97 Å². The molecule has 0 aliphatic heterocycles. The number of fused-ring (bicyclic) bond motifs is 1. The maximum atomic E-state index is 12.0. The summed E-state index contributed by atoms with van der Waals surface area (Å²) >= 11 is 0. The maximum Gasteiger partial charge on any atom is 0.306 e. The van der Waals surface area contributed by atoms with E-state index < -0.39 is 0 Å². The molecule has 1 N–H and O–H groups in total. The van der Waals surface area contributed by atoms with Crippen molar-refractivity contribution in [2.75, 3.05) is 0 Å². The molecule has 0 bridgehead atoms. The number of aryl methyl sites for hydroxylation is 1. The molecule has 0 amide bonds. The minimum Gasteiger partial charge on any atom is -0.461 e. The maximum absolute atomic E-state index is 12.0. The zero-order chi connectivity index (χ0) is 18.4. The molecule has 0 aliphatic carbocycles. The van der Waals surface area contributed by atoms with Crippen molar-refractivity contribution in [2.45, 2.75) is 25.9 Å². The summed E-state index contributed by atoms with van der Waals surface area (Å²) in [6.07, 6.45) is 1.27. The van der Waals surface area contributed by atoms with Gasteiger partial charge in [-0.2, -0.15) is 5.26 Å².